The Kier molecular flexibility index (Phi) is 5.30. The van der Waals surface area contributed by atoms with Crippen molar-refractivity contribution in [3.8, 4) is 0 Å². The second-order valence-electron chi connectivity index (χ2n) is 6.54. The summed E-state index contributed by atoms with van der Waals surface area (Å²) in [4.78, 5) is 2.71. The molecule has 2 heteroatoms. The van der Waals surface area contributed by atoms with E-state index < -0.39 is 0 Å². The third-order valence-electron chi connectivity index (χ3n) is 4.49. The van der Waals surface area contributed by atoms with Crippen LogP contribution < -0.4 is 5.32 Å². The lowest BCUT2D eigenvalue weighted by atomic mass is 9.90. The van der Waals surface area contributed by atoms with Gasteiger partial charge in [-0.2, -0.15) is 0 Å². The van der Waals surface area contributed by atoms with Crippen LogP contribution in [0.1, 0.15) is 46.0 Å². The van der Waals surface area contributed by atoms with Gasteiger partial charge in [-0.3, -0.25) is 0 Å². The SMILES string of the molecule is CC1CC(C)CN(CCCC2CCNCC2)C1. The molecule has 2 saturated heterocycles. The average molecular weight is 238 g/mol. The van der Waals surface area contributed by atoms with Crippen molar-refractivity contribution in [1.29, 1.82) is 0 Å². The van der Waals surface area contributed by atoms with Gasteiger partial charge in [0.2, 0.25) is 0 Å². The Morgan fingerprint density at radius 3 is 2.35 bits per heavy atom. The van der Waals surface area contributed by atoms with Crippen LogP contribution in [0.4, 0.5) is 0 Å². The molecule has 17 heavy (non-hydrogen) atoms. The summed E-state index contributed by atoms with van der Waals surface area (Å²) in [5, 5.41) is 3.46. The van der Waals surface area contributed by atoms with Crippen LogP contribution in [0.15, 0.2) is 0 Å². The predicted octanol–water partition coefficient (Wildman–Crippen LogP) is 2.74. The summed E-state index contributed by atoms with van der Waals surface area (Å²) >= 11 is 0. The monoisotopic (exact) mass is 238 g/mol. The fraction of sp³-hybridized carbons (Fsp3) is 1.00. The van der Waals surface area contributed by atoms with Gasteiger partial charge in [-0.1, -0.05) is 13.8 Å². The molecular weight excluding hydrogens is 208 g/mol. The Hall–Kier alpha value is -0.0800. The van der Waals surface area contributed by atoms with Crippen molar-refractivity contribution in [2.45, 2.75) is 46.0 Å². The summed E-state index contributed by atoms with van der Waals surface area (Å²) in [5.74, 6) is 2.84. The molecule has 2 heterocycles. The van der Waals surface area contributed by atoms with Gasteiger partial charge in [0.15, 0.2) is 0 Å². The average Bonchev–Trinajstić information content (AvgIpc) is 2.29. The van der Waals surface area contributed by atoms with Crippen molar-refractivity contribution < 1.29 is 0 Å². The summed E-state index contributed by atoms with van der Waals surface area (Å²) in [6, 6.07) is 0. The van der Waals surface area contributed by atoms with Gasteiger partial charge < -0.3 is 10.2 Å². The minimum atomic E-state index is 0.914. The number of piperidine rings is 2. The van der Waals surface area contributed by atoms with E-state index in [9.17, 15) is 0 Å². The van der Waals surface area contributed by atoms with Crippen molar-refractivity contribution in [3.05, 3.63) is 0 Å². The van der Waals surface area contributed by atoms with Gasteiger partial charge in [-0.15, -0.1) is 0 Å². The van der Waals surface area contributed by atoms with Crippen LogP contribution >= 0.6 is 0 Å². The van der Waals surface area contributed by atoms with E-state index in [4.69, 9.17) is 0 Å². The molecule has 2 nitrogen and oxygen atoms in total. The second-order valence-corrected chi connectivity index (χ2v) is 6.54. The molecule has 2 unspecified atom stereocenters. The highest BCUT2D eigenvalue weighted by atomic mass is 15.1. The number of rotatable bonds is 4. The minimum absolute atomic E-state index is 0.914. The molecule has 2 aliphatic heterocycles. The van der Waals surface area contributed by atoms with Crippen molar-refractivity contribution >= 4 is 0 Å². The van der Waals surface area contributed by atoms with Gasteiger partial charge >= 0.3 is 0 Å². The quantitative estimate of drug-likeness (QED) is 0.810. The fourth-order valence-electron chi connectivity index (χ4n) is 3.75. The van der Waals surface area contributed by atoms with Crippen molar-refractivity contribution in [2.24, 2.45) is 17.8 Å². The van der Waals surface area contributed by atoms with E-state index in [0.29, 0.717) is 0 Å². The Morgan fingerprint density at radius 2 is 1.71 bits per heavy atom. The maximum Gasteiger partial charge on any atom is 0.000724 e. The van der Waals surface area contributed by atoms with Crippen LogP contribution in [-0.2, 0) is 0 Å². The minimum Gasteiger partial charge on any atom is -0.317 e. The number of nitrogens with zero attached hydrogens (tertiary/aromatic N) is 1. The van der Waals surface area contributed by atoms with E-state index in [0.717, 1.165) is 17.8 Å². The lowest BCUT2D eigenvalue weighted by Crippen LogP contribution is -2.39. The second kappa shape index (κ2) is 6.75. The van der Waals surface area contributed by atoms with Gasteiger partial charge in [0.1, 0.15) is 0 Å². The zero-order valence-corrected chi connectivity index (χ0v) is 11.8. The summed E-state index contributed by atoms with van der Waals surface area (Å²) in [7, 11) is 0. The number of hydrogen-bond donors (Lipinski definition) is 1. The zero-order valence-electron chi connectivity index (χ0n) is 11.8. The van der Waals surface area contributed by atoms with E-state index in [2.05, 4.69) is 24.1 Å². The van der Waals surface area contributed by atoms with E-state index >= 15 is 0 Å². The molecule has 0 aliphatic carbocycles. The van der Waals surface area contributed by atoms with Crippen LogP contribution in [0.2, 0.25) is 0 Å². The largest absolute Gasteiger partial charge is 0.317 e. The number of hydrogen-bond acceptors (Lipinski definition) is 2. The molecule has 0 amide bonds. The highest BCUT2D eigenvalue weighted by molar-refractivity contribution is 4.75. The highest BCUT2D eigenvalue weighted by Crippen LogP contribution is 2.22. The van der Waals surface area contributed by atoms with Gasteiger partial charge in [0.25, 0.3) is 0 Å². The van der Waals surface area contributed by atoms with Crippen molar-refractivity contribution in [3.63, 3.8) is 0 Å². The Morgan fingerprint density at radius 1 is 1.06 bits per heavy atom. The van der Waals surface area contributed by atoms with E-state index in [-0.39, 0.29) is 0 Å². The Labute approximate surface area is 107 Å². The van der Waals surface area contributed by atoms with Crippen LogP contribution in [0.3, 0.4) is 0 Å². The topological polar surface area (TPSA) is 15.3 Å². The van der Waals surface area contributed by atoms with Crippen LogP contribution in [0, 0.1) is 17.8 Å². The molecule has 2 atom stereocenters. The summed E-state index contributed by atoms with van der Waals surface area (Å²) in [6.45, 7) is 11.4. The molecule has 0 saturated carbocycles. The molecular formula is C15H30N2. The molecule has 2 fully saturated rings. The molecule has 0 aromatic rings. The van der Waals surface area contributed by atoms with Gasteiger partial charge in [-0.25, -0.2) is 0 Å². The number of nitrogens with one attached hydrogen (secondary N) is 1. The third kappa shape index (κ3) is 4.59. The molecule has 0 bridgehead atoms. The first-order valence-electron chi connectivity index (χ1n) is 7.67. The molecule has 0 aromatic heterocycles. The van der Waals surface area contributed by atoms with Crippen molar-refractivity contribution in [2.75, 3.05) is 32.7 Å². The standard InChI is InChI=1S/C15H30N2/c1-13-10-14(2)12-17(11-13)9-3-4-15-5-7-16-8-6-15/h13-16H,3-12H2,1-2H3. The van der Waals surface area contributed by atoms with Crippen molar-refractivity contribution in [1.82, 2.24) is 10.2 Å². The van der Waals surface area contributed by atoms with Gasteiger partial charge in [0, 0.05) is 13.1 Å². The molecule has 0 spiro atoms. The Balaban J connectivity index is 1.60. The fourth-order valence-corrected chi connectivity index (χ4v) is 3.75. The maximum atomic E-state index is 3.46. The first kappa shape index (κ1) is 13.4. The lowest BCUT2D eigenvalue weighted by molar-refractivity contribution is 0.136. The molecule has 2 rings (SSSR count). The summed E-state index contributed by atoms with van der Waals surface area (Å²) < 4.78 is 0. The normalized spacial score (nSPS) is 32.8. The third-order valence-corrected chi connectivity index (χ3v) is 4.49. The molecule has 0 radical (unpaired) electrons. The van der Waals surface area contributed by atoms with E-state index in [1.165, 1.54) is 64.8 Å². The maximum absolute atomic E-state index is 3.46. The lowest BCUT2D eigenvalue weighted by Gasteiger charge is -2.35. The number of likely N-dealkylation sites (tertiary alicyclic amines) is 1. The molecule has 100 valence electrons. The smallest absolute Gasteiger partial charge is 0.000724 e. The molecule has 0 aromatic carbocycles. The first-order chi connectivity index (χ1) is 8.24. The van der Waals surface area contributed by atoms with Gasteiger partial charge in [0.05, 0.1) is 0 Å². The van der Waals surface area contributed by atoms with Crippen LogP contribution in [0.5, 0.6) is 0 Å². The van der Waals surface area contributed by atoms with E-state index in [1.54, 1.807) is 0 Å². The highest BCUT2D eigenvalue weighted by Gasteiger charge is 2.21. The Bertz CT molecular complexity index is 201. The summed E-state index contributed by atoms with van der Waals surface area (Å²) in [6.07, 6.45) is 7.13. The molecule has 1 N–H and O–H groups in total. The van der Waals surface area contributed by atoms with Crippen LogP contribution in [0.25, 0.3) is 0 Å². The predicted molar refractivity (Wildman–Crippen MR) is 74.2 cm³/mol. The summed E-state index contributed by atoms with van der Waals surface area (Å²) in [5.41, 5.74) is 0. The first-order valence-corrected chi connectivity index (χ1v) is 7.67. The molecule has 2 aliphatic rings. The zero-order chi connectivity index (χ0) is 12.1. The van der Waals surface area contributed by atoms with E-state index in [1.807, 2.05) is 0 Å². The van der Waals surface area contributed by atoms with Gasteiger partial charge in [-0.05, 0) is 69.5 Å². The van der Waals surface area contributed by atoms with Crippen LogP contribution in [-0.4, -0.2) is 37.6 Å².